The molecule has 0 aliphatic carbocycles. The number of hydrogen-bond donors (Lipinski definition) is 1. The molecule has 0 saturated carbocycles. The van der Waals surface area contributed by atoms with E-state index in [1.807, 2.05) is 45.0 Å². The minimum atomic E-state index is 0.00344. The molecule has 0 atom stereocenters. The van der Waals surface area contributed by atoms with Gasteiger partial charge in [0, 0.05) is 12.3 Å². The molecule has 0 aliphatic rings. The highest BCUT2D eigenvalue weighted by molar-refractivity contribution is 5.92. The Kier molecular flexibility index (Phi) is 8.47. The number of rotatable bonds is 10. The summed E-state index contributed by atoms with van der Waals surface area (Å²) in [6.07, 6.45) is 0. The van der Waals surface area contributed by atoms with Gasteiger partial charge in [0.2, 0.25) is 5.91 Å². The largest absolute Gasteiger partial charge is 0.491 e. The van der Waals surface area contributed by atoms with Crippen molar-refractivity contribution in [1.29, 1.82) is 0 Å². The Morgan fingerprint density at radius 3 is 2.33 bits per heavy atom. The highest BCUT2D eigenvalue weighted by atomic mass is 16.5. The van der Waals surface area contributed by atoms with Gasteiger partial charge in [-0.05, 0) is 44.3 Å². The van der Waals surface area contributed by atoms with Crippen LogP contribution in [0.2, 0.25) is 0 Å². The van der Waals surface area contributed by atoms with Crippen LogP contribution >= 0.6 is 0 Å². The Morgan fingerprint density at radius 1 is 1.10 bits per heavy atom. The van der Waals surface area contributed by atoms with Crippen molar-refractivity contribution in [2.45, 2.75) is 20.8 Å². The summed E-state index contributed by atoms with van der Waals surface area (Å²) in [5.74, 6) is 0.778. The van der Waals surface area contributed by atoms with Crippen LogP contribution in [0.5, 0.6) is 5.75 Å². The second kappa shape index (κ2) is 10.2. The van der Waals surface area contributed by atoms with Gasteiger partial charge >= 0.3 is 0 Å². The van der Waals surface area contributed by atoms with Gasteiger partial charge in [0.1, 0.15) is 12.4 Å². The summed E-state index contributed by atoms with van der Waals surface area (Å²) < 4.78 is 10.7. The third-order valence-corrected chi connectivity index (χ3v) is 3.10. The summed E-state index contributed by atoms with van der Waals surface area (Å²) in [7, 11) is 0. The lowest BCUT2D eigenvalue weighted by Gasteiger charge is -2.17. The van der Waals surface area contributed by atoms with E-state index in [0.717, 1.165) is 24.5 Å². The summed E-state index contributed by atoms with van der Waals surface area (Å²) in [6, 6.07) is 7.38. The number of likely N-dealkylation sites (N-methyl/N-ethyl adjacent to an activating group) is 1. The molecule has 0 aromatic heterocycles. The fraction of sp³-hybridized carbons (Fsp3) is 0.562. The minimum Gasteiger partial charge on any atom is -0.491 e. The summed E-state index contributed by atoms with van der Waals surface area (Å²) in [5.41, 5.74) is 0.782. The van der Waals surface area contributed by atoms with Gasteiger partial charge in [-0.1, -0.05) is 13.8 Å². The Labute approximate surface area is 127 Å². The monoisotopic (exact) mass is 294 g/mol. The average Bonchev–Trinajstić information content (AvgIpc) is 2.51. The van der Waals surface area contributed by atoms with E-state index >= 15 is 0 Å². The number of nitrogens with zero attached hydrogens (tertiary/aromatic N) is 1. The molecule has 1 N–H and O–H groups in total. The van der Waals surface area contributed by atoms with E-state index in [1.165, 1.54) is 0 Å². The van der Waals surface area contributed by atoms with Gasteiger partial charge in [0.05, 0.1) is 13.2 Å². The minimum absolute atomic E-state index is 0.00344. The molecule has 1 rings (SSSR count). The number of anilines is 1. The quantitative estimate of drug-likeness (QED) is 0.673. The second-order valence-corrected chi connectivity index (χ2v) is 4.58. The van der Waals surface area contributed by atoms with Crippen LogP contribution in [0.1, 0.15) is 20.8 Å². The van der Waals surface area contributed by atoms with Crippen molar-refractivity contribution in [3.63, 3.8) is 0 Å². The van der Waals surface area contributed by atoms with Crippen LogP contribution in [0.3, 0.4) is 0 Å². The van der Waals surface area contributed by atoms with Gasteiger partial charge < -0.3 is 14.8 Å². The highest BCUT2D eigenvalue weighted by Gasteiger charge is 2.07. The number of nitrogens with one attached hydrogen (secondary N) is 1. The zero-order valence-electron chi connectivity index (χ0n) is 13.2. The van der Waals surface area contributed by atoms with Crippen molar-refractivity contribution in [1.82, 2.24) is 4.90 Å². The maximum atomic E-state index is 11.9. The van der Waals surface area contributed by atoms with Gasteiger partial charge in [-0.2, -0.15) is 0 Å². The molecule has 21 heavy (non-hydrogen) atoms. The van der Waals surface area contributed by atoms with Crippen molar-refractivity contribution in [3.8, 4) is 5.75 Å². The van der Waals surface area contributed by atoms with Crippen LogP contribution in [0.4, 0.5) is 5.69 Å². The van der Waals surface area contributed by atoms with Crippen LogP contribution in [0, 0.1) is 0 Å². The second-order valence-electron chi connectivity index (χ2n) is 4.58. The molecule has 0 saturated heterocycles. The Hall–Kier alpha value is -1.59. The molecule has 0 fully saturated rings. The molecular weight excluding hydrogens is 268 g/mol. The zero-order chi connectivity index (χ0) is 15.5. The number of ether oxygens (including phenoxy) is 2. The fourth-order valence-corrected chi connectivity index (χ4v) is 1.85. The molecule has 0 unspecified atom stereocenters. The lowest BCUT2D eigenvalue weighted by atomic mass is 10.3. The van der Waals surface area contributed by atoms with Gasteiger partial charge in [0.25, 0.3) is 0 Å². The molecular formula is C16H26N2O3. The first-order chi connectivity index (χ1) is 10.2. The van der Waals surface area contributed by atoms with E-state index in [1.54, 1.807) is 0 Å². The summed E-state index contributed by atoms with van der Waals surface area (Å²) in [4.78, 5) is 13.9. The SMILES string of the molecule is CCOCCOc1ccc(NC(=O)CN(CC)CC)cc1. The lowest BCUT2D eigenvalue weighted by Crippen LogP contribution is -2.32. The molecule has 0 radical (unpaired) electrons. The predicted octanol–water partition coefficient (Wildman–Crippen LogP) is 2.38. The topological polar surface area (TPSA) is 50.8 Å². The van der Waals surface area contributed by atoms with E-state index in [4.69, 9.17) is 9.47 Å². The normalized spacial score (nSPS) is 10.7. The maximum absolute atomic E-state index is 11.9. The number of hydrogen-bond acceptors (Lipinski definition) is 4. The van der Waals surface area contributed by atoms with Gasteiger partial charge in [-0.15, -0.1) is 0 Å². The predicted molar refractivity (Wildman–Crippen MR) is 84.8 cm³/mol. The number of benzene rings is 1. The van der Waals surface area contributed by atoms with E-state index in [9.17, 15) is 4.79 Å². The average molecular weight is 294 g/mol. The summed E-state index contributed by atoms with van der Waals surface area (Å²) in [5, 5.41) is 2.88. The van der Waals surface area contributed by atoms with Crippen LogP contribution in [-0.2, 0) is 9.53 Å². The number of amides is 1. The van der Waals surface area contributed by atoms with Crippen LogP contribution in [0.25, 0.3) is 0 Å². The van der Waals surface area contributed by atoms with Crippen LogP contribution in [0.15, 0.2) is 24.3 Å². The molecule has 0 aliphatic heterocycles. The van der Waals surface area contributed by atoms with E-state index in [-0.39, 0.29) is 5.91 Å². The molecule has 5 heteroatoms. The lowest BCUT2D eigenvalue weighted by molar-refractivity contribution is -0.117. The van der Waals surface area contributed by atoms with Crippen LogP contribution < -0.4 is 10.1 Å². The maximum Gasteiger partial charge on any atom is 0.238 e. The van der Waals surface area contributed by atoms with Crippen LogP contribution in [-0.4, -0.2) is 50.3 Å². The van der Waals surface area contributed by atoms with E-state index < -0.39 is 0 Å². The molecule has 0 spiro atoms. The first-order valence-electron chi connectivity index (χ1n) is 7.52. The number of carbonyl (C=O) groups excluding carboxylic acids is 1. The molecule has 1 amide bonds. The first kappa shape index (κ1) is 17.5. The summed E-state index contributed by atoms with van der Waals surface area (Å²) >= 11 is 0. The van der Waals surface area contributed by atoms with E-state index in [2.05, 4.69) is 10.2 Å². The fourth-order valence-electron chi connectivity index (χ4n) is 1.85. The van der Waals surface area contributed by atoms with Crippen molar-refractivity contribution >= 4 is 11.6 Å². The van der Waals surface area contributed by atoms with Crippen molar-refractivity contribution in [3.05, 3.63) is 24.3 Å². The zero-order valence-corrected chi connectivity index (χ0v) is 13.2. The smallest absolute Gasteiger partial charge is 0.238 e. The third-order valence-electron chi connectivity index (χ3n) is 3.10. The summed E-state index contributed by atoms with van der Waals surface area (Å²) in [6.45, 7) is 10.0. The molecule has 0 heterocycles. The first-order valence-corrected chi connectivity index (χ1v) is 7.52. The van der Waals surface area contributed by atoms with Crippen molar-refractivity contribution in [2.24, 2.45) is 0 Å². The Bertz CT molecular complexity index is 402. The Balaban J connectivity index is 2.38. The molecule has 1 aromatic rings. The number of carbonyl (C=O) groups is 1. The van der Waals surface area contributed by atoms with Gasteiger partial charge in [-0.25, -0.2) is 0 Å². The third kappa shape index (κ3) is 7.11. The highest BCUT2D eigenvalue weighted by Crippen LogP contribution is 2.15. The molecule has 0 bridgehead atoms. The van der Waals surface area contributed by atoms with Gasteiger partial charge in [-0.3, -0.25) is 9.69 Å². The van der Waals surface area contributed by atoms with Crippen molar-refractivity contribution in [2.75, 3.05) is 44.8 Å². The van der Waals surface area contributed by atoms with Crippen molar-refractivity contribution < 1.29 is 14.3 Å². The molecule has 5 nitrogen and oxygen atoms in total. The molecule has 1 aromatic carbocycles. The molecule has 118 valence electrons. The Morgan fingerprint density at radius 2 is 1.76 bits per heavy atom. The van der Waals surface area contributed by atoms with E-state index in [0.29, 0.717) is 26.4 Å². The van der Waals surface area contributed by atoms with Gasteiger partial charge in [0.15, 0.2) is 0 Å². The standard InChI is InChI=1S/C16H26N2O3/c1-4-18(5-2)13-16(19)17-14-7-9-15(10-8-14)21-12-11-20-6-3/h7-10H,4-6,11-13H2,1-3H3,(H,17,19).